The van der Waals surface area contributed by atoms with Gasteiger partial charge >= 0.3 is 0 Å². The van der Waals surface area contributed by atoms with Crippen LogP contribution in [0.5, 0.6) is 0 Å². The highest BCUT2D eigenvalue weighted by molar-refractivity contribution is 5.44. The monoisotopic (exact) mass is 194 g/mol. The van der Waals surface area contributed by atoms with Gasteiger partial charge in [0.25, 0.3) is 0 Å². The van der Waals surface area contributed by atoms with Crippen LogP contribution in [-0.2, 0) is 0 Å². The molecule has 0 aliphatic heterocycles. The minimum Gasteiger partial charge on any atom is -0.381 e. The van der Waals surface area contributed by atoms with Gasteiger partial charge in [0.1, 0.15) is 5.76 Å². The fourth-order valence-electron chi connectivity index (χ4n) is 2.04. The first-order chi connectivity index (χ1) is 6.61. The Morgan fingerprint density at radius 2 is 2.00 bits per heavy atom. The van der Waals surface area contributed by atoms with Gasteiger partial charge in [-0.2, -0.15) is 0 Å². The summed E-state index contributed by atoms with van der Waals surface area (Å²) in [6.07, 6.45) is 2.64. The molecule has 0 radical (unpaired) electrons. The van der Waals surface area contributed by atoms with Gasteiger partial charge in [0, 0.05) is 11.5 Å². The molecule has 1 atom stereocenters. The second kappa shape index (κ2) is 3.30. The average molecular weight is 194 g/mol. The summed E-state index contributed by atoms with van der Waals surface area (Å²) < 4.78 is 5.34. The first-order valence-corrected chi connectivity index (χ1v) is 5.36. The van der Waals surface area contributed by atoms with E-state index >= 15 is 0 Å². The average Bonchev–Trinajstić information content (AvgIpc) is 2.88. The minimum atomic E-state index is 0.400. The number of nitrogens with zero attached hydrogens (tertiary/aromatic N) is 1. The molecule has 1 fully saturated rings. The molecule has 0 bridgehead atoms. The van der Waals surface area contributed by atoms with Crippen LogP contribution < -0.4 is 5.73 Å². The molecule has 0 spiro atoms. The van der Waals surface area contributed by atoms with Gasteiger partial charge in [-0.25, -0.2) is 0 Å². The molecule has 14 heavy (non-hydrogen) atoms. The molecule has 0 aromatic carbocycles. The van der Waals surface area contributed by atoms with Gasteiger partial charge in [0.2, 0.25) is 0 Å². The van der Waals surface area contributed by atoms with Gasteiger partial charge in [-0.3, -0.25) is 0 Å². The molecule has 1 aliphatic rings. The zero-order valence-corrected chi connectivity index (χ0v) is 9.08. The number of rotatable bonds is 3. The fourth-order valence-corrected chi connectivity index (χ4v) is 2.04. The van der Waals surface area contributed by atoms with Crippen LogP contribution in [-0.4, -0.2) is 5.16 Å². The molecule has 0 amide bonds. The lowest BCUT2D eigenvalue weighted by Crippen LogP contribution is -2.01. The smallest absolute Gasteiger partial charge is 0.170 e. The van der Waals surface area contributed by atoms with E-state index in [2.05, 4.69) is 25.9 Å². The van der Waals surface area contributed by atoms with Crippen LogP contribution in [0.2, 0.25) is 0 Å². The lowest BCUT2D eigenvalue weighted by Gasteiger charge is -2.10. The summed E-state index contributed by atoms with van der Waals surface area (Å²) >= 11 is 0. The van der Waals surface area contributed by atoms with Gasteiger partial charge in [0.15, 0.2) is 5.82 Å². The highest BCUT2D eigenvalue weighted by atomic mass is 16.5. The normalized spacial score (nSPS) is 18.9. The maximum atomic E-state index is 5.80. The Balaban J connectivity index is 2.31. The van der Waals surface area contributed by atoms with Crippen LogP contribution in [0.15, 0.2) is 4.52 Å². The second-order valence-electron chi connectivity index (χ2n) is 4.63. The van der Waals surface area contributed by atoms with Crippen molar-refractivity contribution in [1.82, 2.24) is 5.16 Å². The van der Waals surface area contributed by atoms with Crippen LogP contribution in [0.4, 0.5) is 5.82 Å². The van der Waals surface area contributed by atoms with Crippen LogP contribution in [0.3, 0.4) is 0 Å². The van der Waals surface area contributed by atoms with Crippen LogP contribution >= 0.6 is 0 Å². The lowest BCUT2D eigenvalue weighted by atomic mass is 9.94. The number of aromatic nitrogens is 1. The summed E-state index contributed by atoms with van der Waals surface area (Å²) in [5.41, 5.74) is 6.91. The Morgan fingerprint density at radius 1 is 1.36 bits per heavy atom. The molecular weight excluding hydrogens is 176 g/mol. The Labute approximate surface area is 84.7 Å². The number of hydrogen-bond donors (Lipinski definition) is 1. The highest BCUT2D eigenvalue weighted by Crippen LogP contribution is 2.45. The molecule has 1 aliphatic carbocycles. The third-order valence-electron chi connectivity index (χ3n) is 3.10. The van der Waals surface area contributed by atoms with E-state index in [1.54, 1.807) is 0 Å². The molecule has 1 unspecified atom stereocenters. The van der Waals surface area contributed by atoms with Crippen molar-refractivity contribution in [3.05, 3.63) is 11.3 Å². The van der Waals surface area contributed by atoms with E-state index in [9.17, 15) is 0 Å². The summed E-state index contributed by atoms with van der Waals surface area (Å²) in [6, 6.07) is 0. The molecule has 78 valence electrons. The molecule has 2 rings (SSSR count). The quantitative estimate of drug-likeness (QED) is 0.804. The zero-order chi connectivity index (χ0) is 10.3. The van der Waals surface area contributed by atoms with Crippen molar-refractivity contribution >= 4 is 5.82 Å². The Morgan fingerprint density at radius 3 is 2.50 bits per heavy atom. The van der Waals surface area contributed by atoms with Gasteiger partial charge < -0.3 is 10.3 Å². The Kier molecular flexibility index (Phi) is 2.25. The Hall–Kier alpha value is -0.990. The molecule has 3 heteroatoms. The van der Waals surface area contributed by atoms with Gasteiger partial charge in [-0.15, -0.1) is 0 Å². The topological polar surface area (TPSA) is 52.0 Å². The number of anilines is 1. The molecule has 1 heterocycles. The SMILES string of the molecule is CC(C)c1c(N)noc1C(C)C1CC1. The molecular formula is C11H18N2O. The number of nitrogens with two attached hydrogens (primary N) is 1. The summed E-state index contributed by atoms with van der Waals surface area (Å²) in [5.74, 6) is 3.26. The third kappa shape index (κ3) is 1.51. The zero-order valence-electron chi connectivity index (χ0n) is 9.08. The molecule has 1 saturated carbocycles. The maximum Gasteiger partial charge on any atom is 0.170 e. The van der Waals surface area contributed by atoms with Crippen molar-refractivity contribution in [3.8, 4) is 0 Å². The largest absolute Gasteiger partial charge is 0.381 e. The fraction of sp³-hybridized carbons (Fsp3) is 0.727. The van der Waals surface area contributed by atoms with Gasteiger partial charge in [-0.05, 0) is 24.7 Å². The third-order valence-corrected chi connectivity index (χ3v) is 3.10. The maximum absolute atomic E-state index is 5.80. The lowest BCUT2D eigenvalue weighted by molar-refractivity contribution is 0.354. The van der Waals surface area contributed by atoms with E-state index in [-0.39, 0.29) is 0 Å². The van der Waals surface area contributed by atoms with Crippen LogP contribution in [0.1, 0.15) is 56.8 Å². The predicted molar refractivity (Wildman–Crippen MR) is 56.1 cm³/mol. The number of nitrogen functional groups attached to an aromatic ring is 1. The minimum absolute atomic E-state index is 0.400. The van der Waals surface area contributed by atoms with E-state index in [1.165, 1.54) is 12.8 Å². The van der Waals surface area contributed by atoms with Crippen molar-refractivity contribution in [2.75, 3.05) is 5.73 Å². The van der Waals surface area contributed by atoms with Crippen molar-refractivity contribution in [2.45, 2.75) is 45.4 Å². The van der Waals surface area contributed by atoms with E-state index in [0.29, 0.717) is 17.7 Å². The summed E-state index contributed by atoms with van der Waals surface area (Å²) in [5, 5.41) is 3.87. The first kappa shape index (κ1) is 9.56. The van der Waals surface area contributed by atoms with Gasteiger partial charge in [-0.1, -0.05) is 25.9 Å². The predicted octanol–water partition coefficient (Wildman–Crippen LogP) is 2.89. The van der Waals surface area contributed by atoms with E-state index in [1.807, 2.05) is 0 Å². The molecule has 0 saturated heterocycles. The van der Waals surface area contributed by atoms with Crippen LogP contribution in [0, 0.1) is 5.92 Å². The van der Waals surface area contributed by atoms with E-state index in [0.717, 1.165) is 17.2 Å². The molecule has 2 N–H and O–H groups in total. The molecule has 1 aromatic heterocycles. The summed E-state index contributed by atoms with van der Waals surface area (Å²) in [4.78, 5) is 0. The summed E-state index contributed by atoms with van der Waals surface area (Å²) in [7, 11) is 0. The van der Waals surface area contributed by atoms with Crippen molar-refractivity contribution in [3.63, 3.8) is 0 Å². The van der Waals surface area contributed by atoms with Gasteiger partial charge in [0.05, 0.1) is 0 Å². The highest BCUT2D eigenvalue weighted by Gasteiger charge is 2.34. The number of hydrogen-bond acceptors (Lipinski definition) is 3. The Bertz CT molecular complexity index is 326. The molecule has 1 aromatic rings. The molecule has 3 nitrogen and oxygen atoms in total. The van der Waals surface area contributed by atoms with Crippen molar-refractivity contribution in [2.24, 2.45) is 5.92 Å². The van der Waals surface area contributed by atoms with E-state index < -0.39 is 0 Å². The van der Waals surface area contributed by atoms with Crippen LogP contribution in [0.25, 0.3) is 0 Å². The van der Waals surface area contributed by atoms with Crippen molar-refractivity contribution < 1.29 is 4.52 Å². The van der Waals surface area contributed by atoms with E-state index in [4.69, 9.17) is 10.3 Å². The second-order valence-corrected chi connectivity index (χ2v) is 4.63. The first-order valence-electron chi connectivity index (χ1n) is 5.36. The van der Waals surface area contributed by atoms with Crippen molar-refractivity contribution in [1.29, 1.82) is 0 Å². The standard InChI is InChI=1S/C11H18N2O/c1-6(2)9-10(14-13-11(9)12)7(3)8-4-5-8/h6-8H,4-5H2,1-3H3,(H2,12,13). The summed E-state index contributed by atoms with van der Waals surface area (Å²) in [6.45, 7) is 6.47.